The number of aromatic amines is 1. The summed E-state index contributed by atoms with van der Waals surface area (Å²) in [6.07, 6.45) is 1.38. The second kappa shape index (κ2) is 6.84. The SMILES string of the molecule is O=C(Nc1ccccc1N1CCCC1=O)c1cc(-c2ccccc2)n[nH]1. The van der Waals surface area contributed by atoms with Crippen molar-refractivity contribution in [2.45, 2.75) is 12.8 Å². The molecule has 0 saturated carbocycles. The van der Waals surface area contributed by atoms with Gasteiger partial charge in [-0.2, -0.15) is 5.10 Å². The van der Waals surface area contributed by atoms with Gasteiger partial charge in [-0.05, 0) is 24.6 Å². The Kier molecular flexibility index (Phi) is 4.23. The van der Waals surface area contributed by atoms with E-state index in [1.54, 1.807) is 17.0 Å². The third-order valence-electron chi connectivity index (χ3n) is 4.41. The number of hydrogen-bond acceptors (Lipinski definition) is 3. The highest BCUT2D eigenvalue weighted by Crippen LogP contribution is 2.29. The molecule has 3 aromatic rings. The average molecular weight is 346 g/mol. The molecule has 2 aromatic carbocycles. The van der Waals surface area contributed by atoms with E-state index >= 15 is 0 Å². The van der Waals surface area contributed by atoms with Gasteiger partial charge in [0.2, 0.25) is 5.91 Å². The van der Waals surface area contributed by atoms with Crippen molar-refractivity contribution in [2.24, 2.45) is 0 Å². The minimum atomic E-state index is -0.293. The summed E-state index contributed by atoms with van der Waals surface area (Å²) in [6, 6.07) is 18.7. The van der Waals surface area contributed by atoms with Crippen LogP contribution in [0.15, 0.2) is 60.7 Å². The number of H-pyrrole nitrogens is 1. The van der Waals surface area contributed by atoms with Crippen LogP contribution in [0.5, 0.6) is 0 Å². The van der Waals surface area contributed by atoms with Crippen LogP contribution >= 0.6 is 0 Å². The molecule has 0 bridgehead atoms. The molecule has 0 radical (unpaired) electrons. The first-order chi connectivity index (χ1) is 12.7. The fourth-order valence-corrected chi connectivity index (χ4v) is 3.10. The average Bonchev–Trinajstić information content (AvgIpc) is 3.32. The molecule has 0 spiro atoms. The first-order valence-electron chi connectivity index (χ1n) is 8.54. The molecule has 1 saturated heterocycles. The highest BCUT2D eigenvalue weighted by molar-refractivity contribution is 6.07. The first kappa shape index (κ1) is 16.1. The quantitative estimate of drug-likeness (QED) is 0.759. The summed E-state index contributed by atoms with van der Waals surface area (Å²) in [6.45, 7) is 0.675. The minimum absolute atomic E-state index is 0.0830. The molecule has 2 N–H and O–H groups in total. The molecule has 1 aliphatic rings. The van der Waals surface area contributed by atoms with Crippen LogP contribution < -0.4 is 10.2 Å². The van der Waals surface area contributed by atoms with Gasteiger partial charge in [-0.25, -0.2) is 0 Å². The number of benzene rings is 2. The van der Waals surface area contributed by atoms with E-state index in [0.29, 0.717) is 30.0 Å². The maximum Gasteiger partial charge on any atom is 0.273 e. The molecule has 4 rings (SSSR count). The largest absolute Gasteiger partial charge is 0.319 e. The Morgan fingerprint density at radius 2 is 1.85 bits per heavy atom. The number of carbonyl (C=O) groups is 2. The first-order valence-corrected chi connectivity index (χ1v) is 8.54. The van der Waals surface area contributed by atoms with Crippen LogP contribution in [0, 0.1) is 0 Å². The summed E-state index contributed by atoms with van der Waals surface area (Å²) in [4.78, 5) is 26.4. The Balaban J connectivity index is 1.56. The molecule has 0 atom stereocenters. The van der Waals surface area contributed by atoms with Crippen molar-refractivity contribution < 1.29 is 9.59 Å². The lowest BCUT2D eigenvalue weighted by Gasteiger charge is -2.19. The Morgan fingerprint density at radius 3 is 2.62 bits per heavy atom. The van der Waals surface area contributed by atoms with Crippen molar-refractivity contribution >= 4 is 23.2 Å². The number of para-hydroxylation sites is 2. The van der Waals surface area contributed by atoms with Gasteiger partial charge < -0.3 is 10.2 Å². The molecule has 1 aromatic heterocycles. The zero-order valence-electron chi connectivity index (χ0n) is 14.1. The van der Waals surface area contributed by atoms with Crippen LogP contribution in [0.4, 0.5) is 11.4 Å². The lowest BCUT2D eigenvalue weighted by atomic mass is 10.1. The Bertz CT molecular complexity index is 949. The van der Waals surface area contributed by atoms with Gasteiger partial charge in [-0.3, -0.25) is 14.7 Å². The van der Waals surface area contributed by atoms with Crippen LogP contribution in [-0.2, 0) is 4.79 Å². The molecule has 26 heavy (non-hydrogen) atoms. The van der Waals surface area contributed by atoms with Crippen LogP contribution in [0.3, 0.4) is 0 Å². The fraction of sp³-hybridized carbons (Fsp3) is 0.150. The zero-order valence-corrected chi connectivity index (χ0v) is 14.1. The third kappa shape index (κ3) is 3.09. The van der Waals surface area contributed by atoms with E-state index in [-0.39, 0.29) is 11.8 Å². The molecule has 130 valence electrons. The summed E-state index contributed by atoms with van der Waals surface area (Å²) in [5.41, 5.74) is 3.35. The number of amides is 2. The Morgan fingerprint density at radius 1 is 1.08 bits per heavy atom. The normalized spacial score (nSPS) is 13.8. The molecule has 0 aliphatic carbocycles. The van der Waals surface area contributed by atoms with E-state index in [1.807, 2.05) is 48.5 Å². The van der Waals surface area contributed by atoms with Gasteiger partial charge in [0, 0.05) is 18.5 Å². The molecule has 1 aliphatic heterocycles. The number of rotatable bonds is 4. The zero-order chi connectivity index (χ0) is 17.9. The topological polar surface area (TPSA) is 78.1 Å². The van der Waals surface area contributed by atoms with Crippen molar-refractivity contribution in [1.29, 1.82) is 0 Å². The van der Waals surface area contributed by atoms with E-state index < -0.39 is 0 Å². The number of nitrogens with zero attached hydrogens (tertiary/aromatic N) is 2. The van der Waals surface area contributed by atoms with Gasteiger partial charge in [-0.15, -0.1) is 0 Å². The predicted octanol–water partition coefficient (Wildman–Crippen LogP) is 3.46. The van der Waals surface area contributed by atoms with E-state index in [1.165, 1.54) is 0 Å². The third-order valence-corrected chi connectivity index (χ3v) is 4.41. The van der Waals surface area contributed by atoms with Crippen molar-refractivity contribution in [1.82, 2.24) is 10.2 Å². The standard InChI is InChI=1S/C20H18N4O2/c25-19-11-6-12-24(19)18-10-5-4-9-15(18)21-20(26)17-13-16(22-23-17)14-7-2-1-3-8-14/h1-5,7-10,13H,6,11-12H2,(H,21,26)(H,22,23). The van der Waals surface area contributed by atoms with Gasteiger partial charge in [0.15, 0.2) is 0 Å². The summed E-state index contributed by atoms with van der Waals surface area (Å²) >= 11 is 0. The smallest absolute Gasteiger partial charge is 0.273 e. The molecule has 6 nitrogen and oxygen atoms in total. The van der Waals surface area contributed by atoms with Crippen molar-refractivity contribution in [3.8, 4) is 11.3 Å². The molecule has 2 amide bonds. The summed E-state index contributed by atoms with van der Waals surface area (Å²) in [5, 5.41) is 9.88. The van der Waals surface area contributed by atoms with Crippen LogP contribution in [0.2, 0.25) is 0 Å². The Labute approximate surface area is 150 Å². The number of aromatic nitrogens is 2. The van der Waals surface area contributed by atoms with Gasteiger partial charge in [0.25, 0.3) is 5.91 Å². The van der Waals surface area contributed by atoms with Crippen LogP contribution in [0.25, 0.3) is 11.3 Å². The monoisotopic (exact) mass is 346 g/mol. The number of anilines is 2. The van der Waals surface area contributed by atoms with Crippen LogP contribution in [-0.4, -0.2) is 28.6 Å². The fourth-order valence-electron chi connectivity index (χ4n) is 3.10. The maximum absolute atomic E-state index is 12.6. The van der Waals surface area contributed by atoms with Crippen molar-refractivity contribution in [3.05, 3.63) is 66.4 Å². The second-order valence-corrected chi connectivity index (χ2v) is 6.15. The maximum atomic E-state index is 12.6. The number of nitrogens with one attached hydrogen (secondary N) is 2. The lowest BCUT2D eigenvalue weighted by molar-refractivity contribution is -0.117. The molecular weight excluding hydrogens is 328 g/mol. The van der Waals surface area contributed by atoms with E-state index in [0.717, 1.165) is 17.7 Å². The molecular formula is C20H18N4O2. The summed E-state index contributed by atoms with van der Waals surface area (Å²) < 4.78 is 0. The van der Waals surface area contributed by atoms with Gasteiger partial charge in [-0.1, -0.05) is 42.5 Å². The highest BCUT2D eigenvalue weighted by atomic mass is 16.2. The van der Waals surface area contributed by atoms with E-state index in [9.17, 15) is 9.59 Å². The second-order valence-electron chi connectivity index (χ2n) is 6.15. The van der Waals surface area contributed by atoms with Gasteiger partial charge >= 0.3 is 0 Å². The number of hydrogen-bond donors (Lipinski definition) is 2. The Hall–Kier alpha value is -3.41. The highest BCUT2D eigenvalue weighted by Gasteiger charge is 2.24. The molecule has 2 heterocycles. The van der Waals surface area contributed by atoms with Gasteiger partial charge in [0.05, 0.1) is 17.1 Å². The predicted molar refractivity (Wildman–Crippen MR) is 100 cm³/mol. The van der Waals surface area contributed by atoms with Crippen LogP contribution in [0.1, 0.15) is 23.3 Å². The molecule has 1 fully saturated rings. The lowest BCUT2D eigenvalue weighted by Crippen LogP contribution is -2.25. The van der Waals surface area contributed by atoms with E-state index in [2.05, 4.69) is 15.5 Å². The van der Waals surface area contributed by atoms with Crippen molar-refractivity contribution in [3.63, 3.8) is 0 Å². The molecule has 6 heteroatoms. The van der Waals surface area contributed by atoms with E-state index in [4.69, 9.17) is 0 Å². The summed E-state index contributed by atoms with van der Waals surface area (Å²) in [5.74, 6) is -0.210. The van der Waals surface area contributed by atoms with Crippen molar-refractivity contribution in [2.75, 3.05) is 16.8 Å². The summed E-state index contributed by atoms with van der Waals surface area (Å²) in [7, 11) is 0. The molecule has 0 unspecified atom stereocenters. The number of carbonyl (C=O) groups excluding carboxylic acids is 2. The van der Waals surface area contributed by atoms with Gasteiger partial charge in [0.1, 0.15) is 5.69 Å². The minimum Gasteiger partial charge on any atom is -0.319 e.